The Hall–Kier alpha value is -0.120. The highest BCUT2D eigenvalue weighted by Crippen LogP contribution is 2.35. The minimum atomic E-state index is -0.731. The summed E-state index contributed by atoms with van der Waals surface area (Å²) >= 11 is 0. The minimum Gasteiger partial charge on any atom is -0.394 e. The first kappa shape index (κ1) is 13.9. The van der Waals surface area contributed by atoms with Crippen LogP contribution in [0.4, 0.5) is 0 Å². The molecule has 0 spiro atoms. The fraction of sp³-hybridized carbons (Fsp3) is 1.00. The molecule has 0 aromatic heterocycles. The highest BCUT2D eigenvalue weighted by Gasteiger charge is 2.31. The van der Waals surface area contributed by atoms with Crippen molar-refractivity contribution >= 4 is 0 Å². The molecule has 1 saturated carbocycles. The van der Waals surface area contributed by atoms with Gasteiger partial charge in [0, 0.05) is 0 Å². The van der Waals surface area contributed by atoms with Crippen molar-refractivity contribution in [3.8, 4) is 0 Å². The van der Waals surface area contributed by atoms with Crippen molar-refractivity contribution in [1.82, 2.24) is 0 Å². The van der Waals surface area contributed by atoms with Gasteiger partial charge >= 0.3 is 0 Å². The summed E-state index contributed by atoms with van der Waals surface area (Å²) in [6, 6.07) is 0. The molecule has 0 radical (unpaired) electrons. The normalized spacial score (nSPS) is 33.0. The molecule has 96 valence electrons. The molecule has 0 aromatic carbocycles. The molecule has 3 heteroatoms. The molecule has 1 aliphatic carbocycles. The van der Waals surface area contributed by atoms with E-state index in [1.807, 2.05) is 0 Å². The van der Waals surface area contributed by atoms with Crippen molar-refractivity contribution in [2.24, 2.45) is 17.8 Å². The molecule has 0 amide bonds. The Bertz CT molecular complexity index is 194. The summed E-state index contributed by atoms with van der Waals surface area (Å²) in [5.74, 6) is 1.94. The van der Waals surface area contributed by atoms with Crippen LogP contribution in [0.5, 0.6) is 0 Å². The van der Waals surface area contributed by atoms with Crippen molar-refractivity contribution in [3.63, 3.8) is 0 Å². The van der Waals surface area contributed by atoms with Crippen LogP contribution in [0.3, 0.4) is 0 Å². The van der Waals surface area contributed by atoms with Crippen LogP contribution in [0.15, 0.2) is 0 Å². The lowest BCUT2D eigenvalue weighted by atomic mass is 9.75. The molecule has 1 rings (SSSR count). The van der Waals surface area contributed by atoms with E-state index in [4.69, 9.17) is 9.84 Å². The van der Waals surface area contributed by atoms with E-state index in [2.05, 4.69) is 20.8 Å². The van der Waals surface area contributed by atoms with Crippen LogP contribution < -0.4 is 0 Å². The molecule has 0 saturated heterocycles. The zero-order chi connectivity index (χ0) is 12.1. The predicted molar refractivity (Wildman–Crippen MR) is 64.2 cm³/mol. The zero-order valence-electron chi connectivity index (χ0n) is 10.7. The Morgan fingerprint density at radius 1 is 1.31 bits per heavy atom. The van der Waals surface area contributed by atoms with Gasteiger partial charge in [0.25, 0.3) is 0 Å². The molecule has 2 N–H and O–H groups in total. The molecule has 0 bridgehead atoms. The summed E-state index contributed by atoms with van der Waals surface area (Å²) in [7, 11) is 0. The van der Waals surface area contributed by atoms with Crippen LogP contribution in [0.1, 0.15) is 40.0 Å². The van der Waals surface area contributed by atoms with Gasteiger partial charge in [-0.15, -0.1) is 0 Å². The summed E-state index contributed by atoms with van der Waals surface area (Å²) in [5.41, 5.74) is 0. The van der Waals surface area contributed by atoms with E-state index < -0.39 is 6.10 Å². The highest BCUT2D eigenvalue weighted by molar-refractivity contribution is 4.81. The number of hydrogen-bond donors (Lipinski definition) is 2. The van der Waals surface area contributed by atoms with Crippen molar-refractivity contribution in [2.45, 2.75) is 52.2 Å². The van der Waals surface area contributed by atoms with Gasteiger partial charge in [0.05, 0.1) is 19.3 Å². The van der Waals surface area contributed by atoms with Crippen molar-refractivity contribution < 1.29 is 14.9 Å². The van der Waals surface area contributed by atoms with E-state index in [9.17, 15) is 5.11 Å². The lowest BCUT2D eigenvalue weighted by molar-refractivity contribution is -0.0776. The largest absolute Gasteiger partial charge is 0.394 e. The molecular formula is C13H26O3. The second kappa shape index (κ2) is 6.58. The Kier molecular flexibility index (Phi) is 5.73. The molecule has 0 heterocycles. The minimum absolute atomic E-state index is 0.214. The smallest absolute Gasteiger partial charge is 0.100 e. The average molecular weight is 230 g/mol. The van der Waals surface area contributed by atoms with E-state index >= 15 is 0 Å². The second-order valence-electron chi connectivity index (χ2n) is 5.53. The molecule has 0 unspecified atom stereocenters. The molecule has 4 atom stereocenters. The van der Waals surface area contributed by atoms with Crippen LogP contribution in [0, 0.1) is 17.8 Å². The van der Waals surface area contributed by atoms with E-state index in [-0.39, 0.29) is 19.3 Å². The standard InChI is InChI=1S/C13H26O3/c1-9(2)12-5-4-10(3)6-13(12)16-8-11(15)7-14/h9-15H,4-8H2,1-3H3/t10-,11-,12+,13+/m0/s1. The number of aliphatic hydroxyl groups is 2. The fourth-order valence-electron chi connectivity index (χ4n) is 2.59. The van der Waals surface area contributed by atoms with Crippen molar-refractivity contribution in [2.75, 3.05) is 13.2 Å². The van der Waals surface area contributed by atoms with Gasteiger partial charge in [0.15, 0.2) is 0 Å². The summed E-state index contributed by atoms with van der Waals surface area (Å²) in [4.78, 5) is 0. The summed E-state index contributed by atoms with van der Waals surface area (Å²) in [5, 5.41) is 18.1. The molecule has 1 aliphatic rings. The third kappa shape index (κ3) is 4.04. The topological polar surface area (TPSA) is 49.7 Å². The van der Waals surface area contributed by atoms with Crippen LogP contribution in [-0.4, -0.2) is 35.6 Å². The molecule has 3 nitrogen and oxygen atoms in total. The summed E-state index contributed by atoms with van der Waals surface area (Å²) in [6.07, 6.45) is 3.11. The Labute approximate surface area is 98.8 Å². The maximum absolute atomic E-state index is 9.30. The Balaban J connectivity index is 2.44. The Morgan fingerprint density at radius 2 is 2.00 bits per heavy atom. The first-order chi connectivity index (χ1) is 7.54. The fourth-order valence-corrected chi connectivity index (χ4v) is 2.59. The monoisotopic (exact) mass is 230 g/mol. The summed E-state index contributed by atoms with van der Waals surface area (Å²) in [6.45, 7) is 6.78. The van der Waals surface area contributed by atoms with Gasteiger partial charge < -0.3 is 14.9 Å². The van der Waals surface area contributed by atoms with Crippen molar-refractivity contribution in [3.05, 3.63) is 0 Å². The van der Waals surface area contributed by atoms with E-state index in [1.165, 1.54) is 12.8 Å². The third-order valence-electron chi connectivity index (χ3n) is 3.67. The Morgan fingerprint density at radius 3 is 2.56 bits per heavy atom. The first-order valence-corrected chi connectivity index (χ1v) is 6.45. The van der Waals surface area contributed by atoms with Crippen LogP contribution in [-0.2, 0) is 4.74 Å². The quantitative estimate of drug-likeness (QED) is 0.757. The van der Waals surface area contributed by atoms with Gasteiger partial charge in [0.2, 0.25) is 0 Å². The summed E-state index contributed by atoms with van der Waals surface area (Å²) < 4.78 is 5.77. The first-order valence-electron chi connectivity index (χ1n) is 6.45. The predicted octanol–water partition coefficient (Wildman–Crippen LogP) is 1.82. The second-order valence-corrected chi connectivity index (χ2v) is 5.53. The van der Waals surface area contributed by atoms with Crippen molar-refractivity contribution in [1.29, 1.82) is 0 Å². The van der Waals surface area contributed by atoms with Gasteiger partial charge in [-0.3, -0.25) is 0 Å². The van der Waals surface area contributed by atoms with Crippen LogP contribution in [0.25, 0.3) is 0 Å². The molecule has 1 fully saturated rings. The lowest BCUT2D eigenvalue weighted by Crippen LogP contribution is -2.36. The molecular weight excluding hydrogens is 204 g/mol. The van der Waals surface area contributed by atoms with Gasteiger partial charge in [-0.25, -0.2) is 0 Å². The zero-order valence-corrected chi connectivity index (χ0v) is 10.7. The number of aliphatic hydroxyl groups excluding tert-OH is 2. The maximum Gasteiger partial charge on any atom is 0.100 e. The van der Waals surface area contributed by atoms with Crippen LogP contribution in [0.2, 0.25) is 0 Å². The molecule has 16 heavy (non-hydrogen) atoms. The average Bonchev–Trinajstić information content (AvgIpc) is 2.25. The maximum atomic E-state index is 9.30. The SMILES string of the molecule is CC(C)[C@H]1CC[C@H](C)C[C@H]1OC[C@@H](O)CO. The highest BCUT2D eigenvalue weighted by atomic mass is 16.5. The van der Waals surface area contributed by atoms with Gasteiger partial charge in [0.1, 0.15) is 6.10 Å². The van der Waals surface area contributed by atoms with E-state index in [0.717, 1.165) is 6.42 Å². The van der Waals surface area contributed by atoms with Gasteiger partial charge in [-0.1, -0.05) is 27.2 Å². The van der Waals surface area contributed by atoms with Gasteiger partial charge in [-0.2, -0.15) is 0 Å². The number of rotatable bonds is 5. The van der Waals surface area contributed by atoms with Crippen LogP contribution >= 0.6 is 0 Å². The number of ether oxygens (including phenoxy) is 1. The number of hydrogen-bond acceptors (Lipinski definition) is 3. The van der Waals surface area contributed by atoms with E-state index in [1.54, 1.807) is 0 Å². The third-order valence-corrected chi connectivity index (χ3v) is 3.67. The molecule has 0 aliphatic heterocycles. The van der Waals surface area contributed by atoms with Gasteiger partial charge in [-0.05, 0) is 30.6 Å². The van der Waals surface area contributed by atoms with E-state index in [0.29, 0.717) is 17.8 Å². The lowest BCUT2D eigenvalue weighted by Gasteiger charge is -2.37. The molecule has 0 aromatic rings.